The van der Waals surface area contributed by atoms with Crippen LogP contribution < -0.4 is 5.32 Å². The van der Waals surface area contributed by atoms with Crippen LogP contribution in [-0.4, -0.2) is 169 Å². The summed E-state index contributed by atoms with van der Waals surface area (Å²) in [5.74, 6) is -0.646. The van der Waals surface area contributed by atoms with Gasteiger partial charge in [0.1, 0.15) is 73.2 Å². The minimum Gasteiger partial charge on any atom is -0.394 e. The fourth-order valence-electron chi connectivity index (χ4n) is 4.34. The maximum absolute atomic E-state index is 11.7. The Balaban J connectivity index is 1.80. The van der Waals surface area contributed by atoms with Crippen molar-refractivity contribution in [1.29, 1.82) is 0 Å². The molecule has 0 aromatic heterocycles. The lowest BCUT2D eigenvalue weighted by atomic mass is 9.95. The number of nitrogens with one attached hydrogen (secondary N) is 1. The Morgan fingerprint density at radius 1 is 0.703 bits per heavy atom. The van der Waals surface area contributed by atoms with Crippen LogP contribution in [0.2, 0.25) is 0 Å². The fourth-order valence-corrected chi connectivity index (χ4v) is 4.34. The Kier molecular flexibility index (Phi) is 10.5. The fraction of sp³-hybridized carbons (Fsp3) is 0.950. The Labute approximate surface area is 210 Å². The quantitative estimate of drug-likeness (QED) is 0.135. The number of carbonyl (C=O) groups is 1. The van der Waals surface area contributed by atoms with E-state index in [2.05, 4.69) is 5.32 Å². The van der Waals surface area contributed by atoms with Crippen molar-refractivity contribution in [1.82, 2.24) is 5.32 Å². The number of amides is 1. The van der Waals surface area contributed by atoms with Gasteiger partial charge in [-0.1, -0.05) is 0 Å². The van der Waals surface area contributed by atoms with E-state index in [1.54, 1.807) is 0 Å². The third-order valence-corrected chi connectivity index (χ3v) is 6.48. The molecule has 0 aliphatic carbocycles. The second-order valence-electron chi connectivity index (χ2n) is 9.11. The summed E-state index contributed by atoms with van der Waals surface area (Å²) in [6.45, 7) is -1.02. The average Bonchev–Trinajstić information content (AvgIpc) is 2.86. The molecule has 216 valence electrons. The van der Waals surface area contributed by atoms with Crippen LogP contribution in [0, 0.1) is 0 Å². The molecular formula is C20H35NO16. The molecule has 3 saturated heterocycles. The average molecular weight is 545 g/mol. The molecule has 17 nitrogen and oxygen atoms in total. The minimum atomic E-state index is -1.86. The molecule has 15 unspecified atom stereocenters. The molecule has 0 radical (unpaired) electrons. The van der Waals surface area contributed by atoms with Gasteiger partial charge in [-0.2, -0.15) is 0 Å². The van der Waals surface area contributed by atoms with Crippen molar-refractivity contribution >= 4 is 5.91 Å². The Morgan fingerprint density at radius 3 is 1.81 bits per heavy atom. The van der Waals surface area contributed by atoms with Crippen LogP contribution in [0.3, 0.4) is 0 Å². The normalized spacial score (nSPS) is 49.0. The summed E-state index contributed by atoms with van der Waals surface area (Å²) in [7, 11) is 0. The maximum atomic E-state index is 11.7. The Hall–Kier alpha value is -1.13. The summed E-state index contributed by atoms with van der Waals surface area (Å²) in [6.07, 6.45) is -23.0. The van der Waals surface area contributed by atoms with E-state index >= 15 is 0 Å². The number of hydrogen-bond acceptors (Lipinski definition) is 16. The number of aliphatic hydroxyl groups is 10. The standard InChI is InChI=1S/C20H35NO16/c1-5(24)21-9-13(28)10(25)6(2-22)35-19(9)37-17-15(30)11(26)7(3-23)36-20(17)33-4-8-12(27)14(29)16(31)18(32)34-8/h6-20,22-23,25-32H,2-4H2,1H3,(H,21,24). The Morgan fingerprint density at radius 2 is 1.24 bits per heavy atom. The van der Waals surface area contributed by atoms with E-state index in [-0.39, 0.29) is 0 Å². The van der Waals surface area contributed by atoms with Gasteiger partial charge in [0.2, 0.25) is 5.91 Å². The van der Waals surface area contributed by atoms with Gasteiger partial charge in [0, 0.05) is 6.92 Å². The van der Waals surface area contributed by atoms with Gasteiger partial charge in [-0.3, -0.25) is 4.79 Å². The third-order valence-electron chi connectivity index (χ3n) is 6.48. The summed E-state index contributed by atoms with van der Waals surface area (Å²) in [4.78, 5) is 11.7. The van der Waals surface area contributed by atoms with Crippen LogP contribution in [0.5, 0.6) is 0 Å². The van der Waals surface area contributed by atoms with E-state index in [0.717, 1.165) is 6.92 Å². The first kappa shape index (κ1) is 30.4. The molecule has 15 atom stereocenters. The molecule has 0 bridgehead atoms. The number of hydrogen-bond donors (Lipinski definition) is 11. The molecule has 0 spiro atoms. The highest BCUT2D eigenvalue weighted by atomic mass is 16.8. The summed E-state index contributed by atoms with van der Waals surface area (Å²) < 4.78 is 27.2. The first-order valence-electron chi connectivity index (χ1n) is 11.6. The zero-order valence-electron chi connectivity index (χ0n) is 19.7. The summed E-state index contributed by atoms with van der Waals surface area (Å²) in [6, 6.07) is -1.41. The van der Waals surface area contributed by atoms with Gasteiger partial charge in [-0.05, 0) is 0 Å². The van der Waals surface area contributed by atoms with Crippen molar-refractivity contribution in [3.63, 3.8) is 0 Å². The molecule has 11 N–H and O–H groups in total. The van der Waals surface area contributed by atoms with E-state index in [1.807, 2.05) is 0 Å². The van der Waals surface area contributed by atoms with Crippen LogP contribution in [-0.2, 0) is 28.5 Å². The molecular weight excluding hydrogens is 510 g/mol. The van der Waals surface area contributed by atoms with Crippen LogP contribution in [0.1, 0.15) is 6.92 Å². The summed E-state index contributed by atoms with van der Waals surface area (Å²) in [5.41, 5.74) is 0. The van der Waals surface area contributed by atoms with Crippen molar-refractivity contribution < 1.29 is 79.5 Å². The molecule has 1 amide bonds. The first-order chi connectivity index (χ1) is 17.4. The van der Waals surface area contributed by atoms with Crippen LogP contribution in [0.25, 0.3) is 0 Å². The van der Waals surface area contributed by atoms with Crippen molar-refractivity contribution in [2.75, 3.05) is 19.8 Å². The van der Waals surface area contributed by atoms with Gasteiger partial charge in [0.25, 0.3) is 0 Å². The SMILES string of the molecule is CC(=O)NC1C(OC2C(OCC3OC(O)C(O)C(O)C3O)OC(CO)C(O)C2O)OC(CO)C(O)C1O. The molecule has 3 fully saturated rings. The van der Waals surface area contributed by atoms with E-state index in [9.17, 15) is 55.9 Å². The van der Waals surface area contributed by atoms with Gasteiger partial charge in [0.05, 0.1) is 19.8 Å². The highest BCUT2D eigenvalue weighted by Crippen LogP contribution is 2.30. The van der Waals surface area contributed by atoms with Crippen molar-refractivity contribution in [2.24, 2.45) is 0 Å². The first-order valence-corrected chi connectivity index (χ1v) is 11.6. The van der Waals surface area contributed by atoms with Crippen molar-refractivity contribution in [3.8, 4) is 0 Å². The lowest BCUT2D eigenvalue weighted by Gasteiger charge is -2.47. The van der Waals surface area contributed by atoms with Crippen LogP contribution in [0.4, 0.5) is 0 Å². The van der Waals surface area contributed by atoms with Gasteiger partial charge < -0.3 is 80.1 Å². The molecule has 0 aromatic rings. The molecule has 3 aliphatic rings. The summed E-state index contributed by atoms with van der Waals surface area (Å²) in [5, 5.41) is 102. The summed E-state index contributed by atoms with van der Waals surface area (Å²) >= 11 is 0. The highest BCUT2D eigenvalue weighted by Gasteiger charge is 2.52. The molecule has 37 heavy (non-hydrogen) atoms. The zero-order valence-corrected chi connectivity index (χ0v) is 19.7. The highest BCUT2D eigenvalue weighted by molar-refractivity contribution is 5.73. The largest absolute Gasteiger partial charge is 0.394 e. The number of carbonyl (C=O) groups excluding carboxylic acids is 1. The zero-order chi connectivity index (χ0) is 27.6. The van der Waals surface area contributed by atoms with Gasteiger partial charge in [-0.25, -0.2) is 0 Å². The van der Waals surface area contributed by atoms with Crippen LogP contribution >= 0.6 is 0 Å². The van der Waals surface area contributed by atoms with E-state index in [1.165, 1.54) is 0 Å². The second kappa shape index (κ2) is 12.8. The lowest BCUT2D eigenvalue weighted by molar-refractivity contribution is -0.362. The molecule has 17 heteroatoms. The maximum Gasteiger partial charge on any atom is 0.217 e. The van der Waals surface area contributed by atoms with E-state index < -0.39 is 118 Å². The predicted octanol–water partition coefficient (Wildman–Crippen LogP) is -7.43. The molecule has 0 saturated carbocycles. The third kappa shape index (κ3) is 6.55. The van der Waals surface area contributed by atoms with E-state index in [0.29, 0.717) is 0 Å². The minimum absolute atomic E-state index is 0.616. The monoisotopic (exact) mass is 545 g/mol. The van der Waals surface area contributed by atoms with Crippen molar-refractivity contribution in [2.45, 2.75) is 99.0 Å². The second-order valence-corrected chi connectivity index (χ2v) is 9.11. The number of aliphatic hydroxyl groups excluding tert-OH is 10. The molecule has 3 rings (SSSR count). The number of rotatable bonds is 8. The topological polar surface area (TPSA) is 278 Å². The van der Waals surface area contributed by atoms with Gasteiger partial charge >= 0.3 is 0 Å². The van der Waals surface area contributed by atoms with Crippen LogP contribution in [0.15, 0.2) is 0 Å². The lowest BCUT2D eigenvalue weighted by Crippen LogP contribution is -2.67. The smallest absolute Gasteiger partial charge is 0.217 e. The van der Waals surface area contributed by atoms with E-state index in [4.69, 9.17) is 23.7 Å². The van der Waals surface area contributed by atoms with Gasteiger partial charge in [0.15, 0.2) is 18.9 Å². The molecule has 3 heterocycles. The molecule has 0 aromatic carbocycles. The van der Waals surface area contributed by atoms with Crippen molar-refractivity contribution in [3.05, 3.63) is 0 Å². The molecule has 3 aliphatic heterocycles. The Bertz CT molecular complexity index is 747. The predicted molar refractivity (Wildman–Crippen MR) is 113 cm³/mol. The van der Waals surface area contributed by atoms with Gasteiger partial charge in [-0.15, -0.1) is 0 Å². The number of ether oxygens (including phenoxy) is 5.